The van der Waals surface area contributed by atoms with Crippen molar-refractivity contribution in [2.24, 2.45) is 0 Å². The fraction of sp³-hybridized carbons (Fsp3) is 0.300. The summed E-state index contributed by atoms with van der Waals surface area (Å²) in [5, 5.41) is 6.79. The first-order valence-corrected chi connectivity index (χ1v) is 4.18. The van der Waals surface area contributed by atoms with E-state index in [1.165, 1.54) is 6.21 Å². The predicted molar refractivity (Wildman–Crippen MR) is 51.7 cm³/mol. The molecule has 0 aromatic rings. The molecule has 0 atom stereocenters. The quantitative estimate of drug-likeness (QED) is 0.659. The third kappa shape index (κ3) is 2.78. The molecule has 1 saturated heterocycles. The molecule has 0 radical (unpaired) electrons. The Hall–Kier alpha value is -1.51. The molecule has 1 N–H and O–H groups in total. The van der Waals surface area contributed by atoms with Crippen LogP contribution >= 0.6 is 0 Å². The van der Waals surface area contributed by atoms with E-state index in [4.69, 9.17) is 14.9 Å². The molecule has 0 spiro atoms. The molecular weight excluding hydrogens is 166 g/mol. The maximum Gasteiger partial charge on any atom is 0.161 e. The molecule has 1 heterocycles. The van der Waals surface area contributed by atoms with E-state index in [0.29, 0.717) is 13.2 Å². The second kappa shape index (κ2) is 5.19. The second-order valence-corrected chi connectivity index (χ2v) is 2.43. The summed E-state index contributed by atoms with van der Waals surface area (Å²) in [6, 6.07) is 0. The Morgan fingerprint density at radius 2 is 1.85 bits per heavy atom. The van der Waals surface area contributed by atoms with Gasteiger partial charge in [0.05, 0.1) is 0 Å². The largest absolute Gasteiger partial charge is 0.486 e. The van der Waals surface area contributed by atoms with E-state index in [-0.39, 0.29) is 0 Å². The average molecular weight is 179 g/mol. The lowest BCUT2D eigenvalue weighted by molar-refractivity contribution is 0.0594. The summed E-state index contributed by atoms with van der Waals surface area (Å²) in [7, 11) is 0. The summed E-state index contributed by atoms with van der Waals surface area (Å²) in [6.07, 6.45) is 8.25. The smallest absolute Gasteiger partial charge is 0.161 e. The van der Waals surface area contributed by atoms with Gasteiger partial charge in [0.1, 0.15) is 13.2 Å². The van der Waals surface area contributed by atoms with Gasteiger partial charge in [0.2, 0.25) is 0 Å². The molecule has 70 valence electrons. The van der Waals surface area contributed by atoms with Crippen molar-refractivity contribution in [2.75, 3.05) is 13.2 Å². The summed E-state index contributed by atoms with van der Waals surface area (Å²) in [5.74, 6) is 1.49. The molecule has 0 unspecified atom stereocenters. The lowest BCUT2D eigenvalue weighted by Gasteiger charge is -2.19. The molecule has 0 aliphatic carbocycles. The third-order valence-electron chi connectivity index (χ3n) is 1.56. The number of nitrogens with one attached hydrogen (secondary N) is 1. The van der Waals surface area contributed by atoms with Crippen molar-refractivity contribution in [2.45, 2.75) is 6.92 Å². The van der Waals surface area contributed by atoms with Crippen LogP contribution in [0.3, 0.4) is 0 Å². The molecule has 0 amide bonds. The summed E-state index contributed by atoms with van der Waals surface area (Å²) in [6.45, 7) is 3.09. The number of hydrogen-bond donors (Lipinski definition) is 1. The molecule has 13 heavy (non-hydrogen) atoms. The van der Waals surface area contributed by atoms with Crippen LogP contribution in [0.1, 0.15) is 6.92 Å². The average Bonchev–Trinajstić information content (AvgIpc) is 2.19. The Balaban J connectivity index is 2.69. The van der Waals surface area contributed by atoms with Gasteiger partial charge in [-0.25, -0.2) is 0 Å². The highest BCUT2D eigenvalue weighted by Gasteiger charge is 2.11. The molecule has 1 rings (SSSR count). The Morgan fingerprint density at radius 1 is 1.15 bits per heavy atom. The van der Waals surface area contributed by atoms with Crippen molar-refractivity contribution in [3.8, 4) is 0 Å². The van der Waals surface area contributed by atoms with Gasteiger partial charge in [-0.2, -0.15) is 0 Å². The van der Waals surface area contributed by atoms with Crippen molar-refractivity contribution >= 4 is 6.21 Å². The van der Waals surface area contributed by atoms with Crippen molar-refractivity contribution in [3.63, 3.8) is 0 Å². The first-order valence-electron chi connectivity index (χ1n) is 4.18. The minimum Gasteiger partial charge on any atom is -0.486 e. The van der Waals surface area contributed by atoms with Crippen LogP contribution in [0.15, 0.2) is 35.8 Å². The Bertz CT molecular complexity index is 264. The summed E-state index contributed by atoms with van der Waals surface area (Å²) in [5.41, 5.74) is 0. The van der Waals surface area contributed by atoms with Gasteiger partial charge in [-0.05, 0) is 25.2 Å². The highest BCUT2D eigenvalue weighted by molar-refractivity contribution is 5.68. The van der Waals surface area contributed by atoms with Crippen LogP contribution in [-0.4, -0.2) is 19.4 Å². The molecule has 3 nitrogen and oxygen atoms in total. The van der Waals surface area contributed by atoms with Crippen LogP contribution in [0.2, 0.25) is 0 Å². The zero-order valence-corrected chi connectivity index (χ0v) is 7.62. The van der Waals surface area contributed by atoms with Gasteiger partial charge in [0.15, 0.2) is 11.5 Å². The van der Waals surface area contributed by atoms with E-state index in [0.717, 1.165) is 11.5 Å². The first-order chi connectivity index (χ1) is 6.38. The summed E-state index contributed by atoms with van der Waals surface area (Å²) < 4.78 is 10.7. The topological polar surface area (TPSA) is 42.3 Å². The molecule has 0 aromatic carbocycles. The van der Waals surface area contributed by atoms with E-state index < -0.39 is 0 Å². The Labute approximate surface area is 77.9 Å². The molecule has 0 saturated carbocycles. The molecule has 1 aliphatic heterocycles. The van der Waals surface area contributed by atoms with Crippen molar-refractivity contribution < 1.29 is 9.47 Å². The highest BCUT2D eigenvalue weighted by atomic mass is 16.6. The van der Waals surface area contributed by atoms with E-state index in [1.807, 2.05) is 13.0 Å². The van der Waals surface area contributed by atoms with Crippen LogP contribution in [0, 0.1) is 5.41 Å². The molecule has 0 aromatic heterocycles. The van der Waals surface area contributed by atoms with Crippen LogP contribution < -0.4 is 0 Å². The SMILES string of the molecule is C\C=C1/OCCO/C1=C/C=C\C=N. The fourth-order valence-electron chi connectivity index (χ4n) is 1.000. The fourth-order valence-corrected chi connectivity index (χ4v) is 1.000. The number of rotatable bonds is 2. The minimum absolute atomic E-state index is 0.585. The van der Waals surface area contributed by atoms with Crippen LogP contribution in [0.25, 0.3) is 0 Å². The van der Waals surface area contributed by atoms with Crippen LogP contribution in [-0.2, 0) is 9.47 Å². The standard InChI is InChI=1S/C10H13NO2/c1-2-9-10(5-3-4-6-11)13-8-7-12-9/h2-6,11H,7-8H2,1H3/b4-3-,9-2-,10-5+,11-6?. The van der Waals surface area contributed by atoms with Gasteiger partial charge in [0, 0.05) is 6.21 Å². The lowest BCUT2D eigenvalue weighted by atomic mass is 10.3. The number of hydrogen-bond acceptors (Lipinski definition) is 3. The van der Waals surface area contributed by atoms with Crippen LogP contribution in [0.4, 0.5) is 0 Å². The van der Waals surface area contributed by atoms with E-state index in [1.54, 1.807) is 18.2 Å². The minimum atomic E-state index is 0.585. The molecular formula is C10H13NO2. The zero-order valence-electron chi connectivity index (χ0n) is 7.62. The number of ether oxygens (including phenoxy) is 2. The molecule has 1 fully saturated rings. The number of allylic oxidation sites excluding steroid dienone is 4. The summed E-state index contributed by atoms with van der Waals surface area (Å²) in [4.78, 5) is 0. The molecule has 0 bridgehead atoms. The van der Waals surface area contributed by atoms with E-state index in [2.05, 4.69) is 0 Å². The maximum absolute atomic E-state index is 6.79. The van der Waals surface area contributed by atoms with Crippen LogP contribution in [0.5, 0.6) is 0 Å². The Morgan fingerprint density at radius 3 is 2.46 bits per heavy atom. The zero-order chi connectivity index (χ0) is 9.52. The highest BCUT2D eigenvalue weighted by Crippen LogP contribution is 2.17. The van der Waals surface area contributed by atoms with Gasteiger partial charge >= 0.3 is 0 Å². The van der Waals surface area contributed by atoms with Crippen molar-refractivity contribution in [1.29, 1.82) is 5.41 Å². The monoisotopic (exact) mass is 179 g/mol. The summed E-state index contributed by atoms with van der Waals surface area (Å²) >= 11 is 0. The predicted octanol–water partition coefficient (Wildman–Crippen LogP) is 2.03. The van der Waals surface area contributed by atoms with Crippen molar-refractivity contribution in [1.82, 2.24) is 0 Å². The molecule has 1 aliphatic rings. The van der Waals surface area contributed by atoms with Gasteiger partial charge < -0.3 is 14.9 Å². The second-order valence-electron chi connectivity index (χ2n) is 2.43. The lowest BCUT2D eigenvalue weighted by Crippen LogP contribution is -2.13. The van der Waals surface area contributed by atoms with E-state index in [9.17, 15) is 0 Å². The van der Waals surface area contributed by atoms with Crippen molar-refractivity contribution in [3.05, 3.63) is 35.8 Å². The first kappa shape index (κ1) is 9.58. The normalized spacial score (nSPS) is 23.2. The maximum atomic E-state index is 6.79. The van der Waals surface area contributed by atoms with Gasteiger partial charge in [-0.3, -0.25) is 0 Å². The van der Waals surface area contributed by atoms with E-state index >= 15 is 0 Å². The van der Waals surface area contributed by atoms with Gasteiger partial charge in [0.25, 0.3) is 0 Å². The molecule has 3 heteroatoms. The van der Waals surface area contributed by atoms with Gasteiger partial charge in [-0.15, -0.1) is 0 Å². The van der Waals surface area contributed by atoms with Gasteiger partial charge in [-0.1, -0.05) is 6.08 Å². The third-order valence-corrected chi connectivity index (χ3v) is 1.56. The Kier molecular flexibility index (Phi) is 3.82.